The van der Waals surface area contributed by atoms with Crippen LogP contribution in [0.25, 0.3) is 0 Å². The molecule has 3 atom stereocenters. The van der Waals surface area contributed by atoms with Gasteiger partial charge in [0.2, 0.25) is 0 Å². The van der Waals surface area contributed by atoms with E-state index in [2.05, 4.69) is 12.2 Å². The fraction of sp³-hybridized carbons (Fsp3) is 0.727. The van der Waals surface area contributed by atoms with E-state index < -0.39 is 0 Å². The summed E-state index contributed by atoms with van der Waals surface area (Å²) in [7, 11) is 0. The molecule has 0 aromatic heterocycles. The van der Waals surface area contributed by atoms with Crippen LogP contribution >= 0.6 is 0 Å². The Hall–Kier alpha value is -0.630. The first-order valence-electron chi connectivity index (χ1n) is 5.15. The molecule has 2 rings (SSSR count). The molecule has 0 radical (unpaired) electrons. The van der Waals surface area contributed by atoms with Crippen LogP contribution in [0.2, 0.25) is 0 Å². The lowest BCUT2D eigenvalue weighted by Crippen LogP contribution is -2.29. The summed E-state index contributed by atoms with van der Waals surface area (Å²) in [4.78, 5) is 11.5. The highest BCUT2D eigenvalue weighted by molar-refractivity contribution is 5.84. The molecule has 1 fully saturated rings. The molecule has 13 heavy (non-hydrogen) atoms. The Bertz CT molecular complexity index is 232. The van der Waals surface area contributed by atoms with Gasteiger partial charge in [-0.15, -0.1) is 0 Å². The van der Waals surface area contributed by atoms with Crippen LogP contribution in [0.5, 0.6) is 0 Å². The average molecular weight is 180 g/mol. The van der Waals surface area contributed by atoms with E-state index in [0.29, 0.717) is 12.3 Å². The van der Waals surface area contributed by atoms with Gasteiger partial charge in [0.1, 0.15) is 5.78 Å². The topological polar surface area (TPSA) is 37.3 Å². The zero-order valence-corrected chi connectivity index (χ0v) is 7.78. The van der Waals surface area contributed by atoms with E-state index in [0.717, 1.165) is 25.7 Å². The van der Waals surface area contributed by atoms with Crippen LogP contribution in [0.15, 0.2) is 12.2 Å². The number of rotatable bonds is 0. The minimum Gasteiger partial charge on any atom is -0.392 e. The van der Waals surface area contributed by atoms with E-state index in [9.17, 15) is 9.90 Å². The summed E-state index contributed by atoms with van der Waals surface area (Å²) in [5.41, 5.74) is 0. The Morgan fingerprint density at radius 2 is 2.15 bits per heavy atom. The van der Waals surface area contributed by atoms with Crippen LogP contribution in [0.1, 0.15) is 32.1 Å². The molecule has 0 aromatic rings. The van der Waals surface area contributed by atoms with Crippen molar-refractivity contribution in [3.05, 3.63) is 12.2 Å². The summed E-state index contributed by atoms with van der Waals surface area (Å²) < 4.78 is 0. The molecule has 0 heterocycles. The Morgan fingerprint density at radius 3 is 3.00 bits per heavy atom. The maximum absolute atomic E-state index is 11.5. The third-order valence-corrected chi connectivity index (χ3v) is 3.29. The maximum Gasteiger partial charge on any atom is 0.138 e. The van der Waals surface area contributed by atoms with Crippen molar-refractivity contribution in [2.45, 2.75) is 38.2 Å². The first-order chi connectivity index (χ1) is 6.29. The van der Waals surface area contributed by atoms with Crippen molar-refractivity contribution < 1.29 is 9.90 Å². The molecule has 2 aliphatic carbocycles. The molecule has 0 saturated heterocycles. The van der Waals surface area contributed by atoms with Crippen molar-refractivity contribution in [2.24, 2.45) is 11.8 Å². The van der Waals surface area contributed by atoms with Crippen LogP contribution in [-0.2, 0) is 4.79 Å². The molecule has 2 nitrogen and oxygen atoms in total. The van der Waals surface area contributed by atoms with Gasteiger partial charge < -0.3 is 5.11 Å². The normalized spacial score (nSPS) is 42.2. The zero-order valence-electron chi connectivity index (χ0n) is 7.78. The van der Waals surface area contributed by atoms with Gasteiger partial charge in [-0.05, 0) is 31.6 Å². The molecule has 72 valence electrons. The van der Waals surface area contributed by atoms with Gasteiger partial charge in [0.15, 0.2) is 0 Å². The minimum absolute atomic E-state index is 0.0510. The van der Waals surface area contributed by atoms with Gasteiger partial charge in [-0.2, -0.15) is 0 Å². The van der Waals surface area contributed by atoms with E-state index >= 15 is 0 Å². The number of hydrogen-bond acceptors (Lipinski definition) is 2. The fourth-order valence-corrected chi connectivity index (χ4v) is 2.57. The van der Waals surface area contributed by atoms with Gasteiger partial charge in [0.25, 0.3) is 0 Å². The minimum atomic E-state index is -0.384. The molecule has 0 aromatic carbocycles. The number of aliphatic hydroxyl groups excluding tert-OH is 1. The smallest absolute Gasteiger partial charge is 0.138 e. The monoisotopic (exact) mass is 180 g/mol. The van der Waals surface area contributed by atoms with Crippen LogP contribution in [0.3, 0.4) is 0 Å². The first kappa shape index (κ1) is 8.95. The second-order valence-electron chi connectivity index (χ2n) is 4.14. The molecule has 2 aliphatic rings. The first-order valence-corrected chi connectivity index (χ1v) is 5.15. The highest BCUT2D eigenvalue weighted by Gasteiger charge is 2.38. The summed E-state index contributed by atoms with van der Waals surface area (Å²) in [6.07, 6.45) is 8.22. The number of fused-ring (bicyclic) bond motifs is 1. The molecule has 2 heteroatoms. The van der Waals surface area contributed by atoms with E-state index in [1.54, 1.807) is 0 Å². The Kier molecular flexibility index (Phi) is 2.49. The summed E-state index contributed by atoms with van der Waals surface area (Å²) in [6.45, 7) is 0. The molecule has 1 saturated carbocycles. The van der Waals surface area contributed by atoms with E-state index in [4.69, 9.17) is 0 Å². The molecule has 0 aliphatic heterocycles. The second kappa shape index (κ2) is 3.62. The van der Waals surface area contributed by atoms with E-state index in [-0.39, 0.29) is 17.8 Å². The van der Waals surface area contributed by atoms with Crippen LogP contribution in [-0.4, -0.2) is 17.0 Å². The van der Waals surface area contributed by atoms with Crippen molar-refractivity contribution in [1.29, 1.82) is 0 Å². The molecule has 0 spiro atoms. The number of aliphatic hydroxyl groups is 1. The number of ketones is 1. The van der Waals surface area contributed by atoms with Gasteiger partial charge >= 0.3 is 0 Å². The van der Waals surface area contributed by atoms with Crippen molar-refractivity contribution in [3.8, 4) is 0 Å². The molecule has 1 N–H and O–H groups in total. The fourth-order valence-electron chi connectivity index (χ4n) is 2.57. The van der Waals surface area contributed by atoms with Gasteiger partial charge in [0.05, 0.1) is 6.10 Å². The van der Waals surface area contributed by atoms with Crippen molar-refractivity contribution >= 4 is 5.78 Å². The number of carbonyl (C=O) groups is 1. The summed E-state index contributed by atoms with van der Waals surface area (Å²) in [6, 6.07) is 0. The third-order valence-electron chi connectivity index (χ3n) is 3.29. The maximum atomic E-state index is 11.5. The van der Waals surface area contributed by atoms with Gasteiger partial charge in [0, 0.05) is 12.3 Å². The SMILES string of the molecule is O=C1CCC2C/C=C\CCC(O)C12. The summed E-state index contributed by atoms with van der Waals surface area (Å²) in [5, 5.41) is 9.80. The highest BCUT2D eigenvalue weighted by Crippen LogP contribution is 2.36. The Labute approximate surface area is 78.6 Å². The number of hydrogen-bond donors (Lipinski definition) is 1. The molecular weight excluding hydrogens is 164 g/mol. The Morgan fingerprint density at radius 1 is 1.31 bits per heavy atom. The summed E-state index contributed by atoms with van der Waals surface area (Å²) >= 11 is 0. The average Bonchev–Trinajstić information content (AvgIpc) is 2.42. The lowest BCUT2D eigenvalue weighted by atomic mass is 9.84. The van der Waals surface area contributed by atoms with Gasteiger partial charge in [-0.3, -0.25) is 4.79 Å². The predicted molar refractivity (Wildman–Crippen MR) is 50.2 cm³/mol. The van der Waals surface area contributed by atoms with Crippen molar-refractivity contribution in [3.63, 3.8) is 0 Å². The van der Waals surface area contributed by atoms with E-state index in [1.807, 2.05) is 0 Å². The lowest BCUT2D eigenvalue weighted by Gasteiger charge is -2.23. The van der Waals surface area contributed by atoms with Crippen molar-refractivity contribution in [2.75, 3.05) is 0 Å². The molecule has 0 bridgehead atoms. The third kappa shape index (κ3) is 1.68. The van der Waals surface area contributed by atoms with Gasteiger partial charge in [-0.25, -0.2) is 0 Å². The number of carbonyl (C=O) groups excluding carboxylic acids is 1. The van der Waals surface area contributed by atoms with Crippen LogP contribution in [0, 0.1) is 11.8 Å². The highest BCUT2D eigenvalue weighted by atomic mass is 16.3. The number of Topliss-reactive ketones (excluding diaryl/α,β-unsaturated/α-hetero) is 1. The zero-order chi connectivity index (χ0) is 9.26. The van der Waals surface area contributed by atoms with Crippen molar-refractivity contribution in [1.82, 2.24) is 0 Å². The molecular formula is C11H16O2. The Balaban J connectivity index is 2.16. The quantitative estimate of drug-likeness (QED) is 0.576. The molecule has 3 unspecified atom stereocenters. The van der Waals surface area contributed by atoms with Gasteiger partial charge in [-0.1, -0.05) is 12.2 Å². The number of allylic oxidation sites excluding steroid dienone is 2. The summed E-state index contributed by atoms with van der Waals surface area (Å²) in [5.74, 6) is 0.650. The lowest BCUT2D eigenvalue weighted by molar-refractivity contribution is -0.124. The largest absolute Gasteiger partial charge is 0.392 e. The predicted octanol–water partition coefficient (Wildman–Crippen LogP) is 1.68. The van der Waals surface area contributed by atoms with E-state index in [1.165, 1.54) is 0 Å². The standard InChI is InChI=1S/C11H16O2/c12-9-5-3-1-2-4-8-6-7-10(13)11(8)9/h1-2,8-9,11-12H,3-7H2/b2-1-. The molecule has 0 amide bonds. The van der Waals surface area contributed by atoms with Crippen LogP contribution in [0.4, 0.5) is 0 Å². The second-order valence-corrected chi connectivity index (χ2v) is 4.14. The van der Waals surface area contributed by atoms with Crippen LogP contribution < -0.4 is 0 Å².